The molecule has 0 atom stereocenters. The number of methoxy groups -OCH3 is 1. The number of nitriles is 1. The minimum Gasteiger partial charge on any atom is -0.495 e. The molecule has 0 aliphatic carbocycles. The summed E-state index contributed by atoms with van der Waals surface area (Å²) in [5, 5.41) is 12.0. The van der Waals surface area contributed by atoms with Crippen molar-refractivity contribution in [3.05, 3.63) is 35.0 Å². The lowest BCUT2D eigenvalue weighted by atomic mass is 10.1. The number of benzene rings is 1. The molecule has 0 saturated carbocycles. The summed E-state index contributed by atoms with van der Waals surface area (Å²) in [7, 11) is 1.53. The van der Waals surface area contributed by atoms with Crippen molar-refractivity contribution in [1.82, 2.24) is 14.9 Å². The Morgan fingerprint density at radius 3 is 2.72 bits per heavy atom. The van der Waals surface area contributed by atoms with Gasteiger partial charge in [-0.2, -0.15) is 10.2 Å². The molecule has 0 spiro atoms. The summed E-state index contributed by atoms with van der Waals surface area (Å²) in [5.41, 5.74) is 7.70. The standard InChI is InChI=1S/C17H18N6O2/c1-10-12(9-18)15(19)22-17(20-10)21-13-5-4-11(8-14(13)25-2)16(24)23-6-3-7-23/h4-5,8H,3,6-7H2,1-2H3,(H3,19,20,21,22). The molecular weight excluding hydrogens is 320 g/mol. The van der Waals surface area contributed by atoms with Gasteiger partial charge in [-0.3, -0.25) is 4.79 Å². The number of amides is 1. The Hall–Kier alpha value is -3.34. The Labute approximate surface area is 145 Å². The van der Waals surface area contributed by atoms with Gasteiger partial charge in [0.25, 0.3) is 5.91 Å². The fraction of sp³-hybridized carbons (Fsp3) is 0.294. The highest BCUT2D eigenvalue weighted by atomic mass is 16.5. The van der Waals surface area contributed by atoms with Crippen molar-refractivity contribution in [2.24, 2.45) is 0 Å². The van der Waals surface area contributed by atoms with Gasteiger partial charge in [-0.25, -0.2) is 4.98 Å². The number of carbonyl (C=O) groups is 1. The minimum atomic E-state index is -0.00851. The second-order valence-corrected chi connectivity index (χ2v) is 5.69. The predicted molar refractivity (Wildman–Crippen MR) is 92.7 cm³/mol. The van der Waals surface area contributed by atoms with Crippen LogP contribution in [0.3, 0.4) is 0 Å². The summed E-state index contributed by atoms with van der Waals surface area (Å²) < 4.78 is 5.37. The van der Waals surface area contributed by atoms with Crippen molar-refractivity contribution >= 4 is 23.4 Å². The normalized spacial score (nSPS) is 12.9. The van der Waals surface area contributed by atoms with Crippen LogP contribution in [0.4, 0.5) is 17.5 Å². The molecule has 2 aromatic rings. The van der Waals surface area contributed by atoms with E-state index in [1.807, 2.05) is 6.07 Å². The molecule has 1 aromatic heterocycles. The van der Waals surface area contributed by atoms with Gasteiger partial charge >= 0.3 is 0 Å². The van der Waals surface area contributed by atoms with Crippen LogP contribution in [0.2, 0.25) is 0 Å². The van der Waals surface area contributed by atoms with Gasteiger partial charge in [0.15, 0.2) is 0 Å². The lowest BCUT2D eigenvalue weighted by Gasteiger charge is -2.31. The minimum absolute atomic E-state index is 0.00851. The van der Waals surface area contributed by atoms with E-state index in [-0.39, 0.29) is 23.2 Å². The van der Waals surface area contributed by atoms with E-state index in [0.717, 1.165) is 19.5 Å². The third-order valence-electron chi connectivity index (χ3n) is 4.07. The quantitative estimate of drug-likeness (QED) is 0.873. The van der Waals surface area contributed by atoms with Crippen molar-refractivity contribution in [3.8, 4) is 11.8 Å². The molecular formula is C17H18N6O2. The number of ether oxygens (including phenoxy) is 1. The van der Waals surface area contributed by atoms with Gasteiger partial charge in [0.05, 0.1) is 18.5 Å². The first-order valence-corrected chi connectivity index (χ1v) is 7.82. The predicted octanol–water partition coefficient (Wildman–Crippen LogP) is 1.84. The molecule has 3 N–H and O–H groups in total. The zero-order valence-corrected chi connectivity index (χ0v) is 14.0. The smallest absolute Gasteiger partial charge is 0.253 e. The fourth-order valence-corrected chi connectivity index (χ4v) is 2.54. The number of carbonyl (C=O) groups excluding carboxylic acids is 1. The molecule has 1 amide bonds. The van der Waals surface area contributed by atoms with E-state index < -0.39 is 0 Å². The number of aryl methyl sites for hydroxylation is 1. The largest absolute Gasteiger partial charge is 0.495 e. The number of nitrogens with one attached hydrogen (secondary N) is 1. The van der Waals surface area contributed by atoms with E-state index in [0.29, 0.717) is 22.7 Å². The average molecular weight is 338 g/mol. The summed E-state index contributed by atoms with van der Waals surface area (Å²) in [5.74, 6) is 0.858. The summed E-state index contributed by atoms with van der Waals surface area (Å²) >= 11 is 0. The molecule has 1 aromatic carbocycles. The third kappa shape index (κ3) is 3.17. The van der Waals surface area contributed by atoms with Gasteiger partial charge < -0.3 is 20.7 Å². The van der Waals surface area contributed by atoms with Crippen molar-refractivity contribution in [2.75, 3.05) is 31.2 Å². The van der Waals surface area contributed by atoms with Crippen molar-refractivity contribution < 1.29 is 9.53 Å². The number of nitrogens with zero attached hydrogens (tertiary/aromatic N) is 4. The number of rotatable bonds is 4. The molecule has 128 valence electrons. The molecule has 1 aliphatic rings. The maximum absolute atomic E-state index is 12.3. The van der Waals surface area contributed by atoms with Crippen LogP contribution in [0.25, 0.3) is 0 Å². The first kappa shape index (κ1) is 16.5. The highest BCUT2D eigenvalue weighted by Crippen LogP contribution is 2.29. The van der Waals surface area contributed by atoms with E-state index in [1.165, 1.54) is 7.11 Å². The third-order valence-corrected chi connectivity index (χ3v) is 4.07. The molecule has 0 radical (unpaired) electrons. The molecule has 25 heavy (non-hydrogen) atoms. The van der Waals surface area contributed by atoms with Gasteiger partial charge in [-0.05, 0) is 31.5 Å². The SMILES string of the molecule is COc1cc(C(=O)N2CCC2)ccc1Nc1nc(C)c(C#N)c(N)n1. The summed E-state index contributed by atoms with van der Waals surface area (Å²) in [6.07, 6.45) is 1.04. The molecule has 8 nitrogen and oxygen atoms in total. The number of nitrogens with two attached hydrogens (primary N) is 1. The summed E-state index contributed by atoms with van der Waals surface area (Å²) in [6.45, 7) is 3.27. The van der Waals surface area contributed by atoms with Crippen molar-refractivity contribution in [3.63, 3.8) is 0 Å². The topological polar surface area (TPSA) is 117 Å². The Balaban J connectivity index is 1.88. The van der Waals surface area contributed by atoms with Crippen LogP contribution in [-0.4, -0.2) is 41.0 Å². The first-order chi connectivity index (χ1) is 12.0. The van der Waals surface area contributed by atoms with Gasteiger partial charge in [0.2, 0.25) is 5.95 Å². The maximum Gasteiger partial charge on any atom is 0.253 e. The van der Waals surface area contributed by atoms with Gasteiger partial charge in [-0.1, -0.05) is 0 Å². The number of aromatic nitrogens is 2. The van der Waals surface area contributed by atoms with E-state index in [4.69, 9.17) is 15.7 Å². The molecule has 3 rings (SSSR count). The second-order valence-electron chi connectivity index (χ2n) is 5.69. The zero-order chi connectivity index (χ0) is 18.0. The lowest BCUT2D eigenvalue weighted by molar-refractivity contribution is 0.0651. The summed E-state index contributed by atoms with van der Waals surface area (Å²) in [6, 6.07) is 7.12. The molecule has 1 saturated heterocycles. The molecule has 0 bridgehead atoms. The van der Waals surface area contributed by atoms with Gasteiger partial charge in [0.1, 0.15) is 23.2 Å². The van der Waals surface area contributed by atoms with Crippen molar-refractivity contribution in [2.45, 2.75) is 13.3 Å². The first-order valence-electron chi connectivity index (χ1n) is 7.82. The Morgan fingerprint density at radius 1 is 1.40 bits per heavy atom. The fourth-order valence-electron chi connectivity index (χ4n) is 2.54. The monoisotopic (exact) mass is 338 g/mol. The van der Waals surface area contributed by atoms with Gasteiger partial charge in [0, 0.05) is 18.7 Å². The molecule has 2 heterocycles. The van der Waals surface area contributed by atoms with E-state index >= 15 is 0 Å². The molecule has 1 aliphatic heterocycles. The highest BCUT2D eigenvalue weighted by Gasteiger charge is 2.22. The van der Waals surface area contributed by atoms with E-state index in [2.05, 4.69) is 15.3 Å². The summed E-state index contributed by atoms with van der Waals surface area (Å²) in [4.78, 5) is 22.4. The Morgan fingerprint density at radius 2 is 2.16 bits per heavy atom. The van der Waals surface area contributed by atoms with Crippen LogP contribution < -0.4 is 15.8 Å². The number of nitrogen functional groups attached to an aromatic ring is 1. The molecule has 8 heteroatoms. The van der Waals surface area contributed by atoms with Crippen LogP contribution in [0.1, 0.15) is 28.0 Å². The van der Waals surface area contributed by atoms with Crippen LogP contribution in [0.15, 0.2) is 18.2 Å². The van der Waals surface area contributed by atoms with E-state index in [9.17, 15) is 4.79 Å². The van der Waals surface area contributed by atoms with Crippen LogP contribution in [-0.2, 0) is 0 Å². The van der Waals surface area contributed by atoms with E-state index in [1.54, 1.807) is 30.0 Å². The van der Waals surface area contributed by atoms with Crippen molar-refractivity contribution in [1.29, 1.82) is 5.26 Å². The van der Waals surface area contributed by atoms with Crippen LogP contribution >= 0.6 is 0 Å². The number of hydrogen-bond acceptors (Lipinski definition) is 7. The second kappa shape index (κ2) is 6.65. The molecule has 1 fully saturated rings. The zero-order valence-electron chi connectivity index (χ0n) is 14.0. The van der Waals surface area contributed by atoms with Crippen LogP contribution in [0, 0.1) is 18.3 Å². The average Bonchev–Trinajstić information content (AvgIpc) is 2.53. The maximum atomic E-state index is 12.3. The highest BCUT2D eigenvalue weighted by molar-refractivity contribution is 5.95. The Bertz CT molecular complexity index is 847. The number of likely N-dealkylation sites (tertiary alicyclic amines) is 1. The lowest BCUT2D eigenvalue weighted by Crippen LogP contribution is -2.42. The Kier molecular flexibility index (Phi) is 4.39. The molecule has 0 unspecified atom stereocenters. The van der Waals surface area contributed by atoms with Crippen LogP contribution in [0.5, 0.6) is 5.75 Å². The van der Waals surface area contributed by atoms with Gasteiger partial charge in [-0.15, -0.1) is 0 Å². The number of anilines is 3. The number of hydrogen-bond donors (Lipinski definition) is 2.